The van der Waals surface area contributed by atoms with E-state index >= 15 is 0 Å². The highest BCUT2D eigenvalue weighted by molar-refractivity contribution is 5.90. The molecule has 4 saturated carbocycles. The van der Waals surface area contributed by atoms with Gasteiger partial charge in [-0.05, 0) is 69.6 Å². The summed E-state index contributed by atoms with van der Waals surface area (Å²) >= 11 is 0. The van der Waals surface area contributed by atoms with E-state index in [1.807, 2.05) is 6.08 Å². The summed E-state index contributed by atoms with van der Waals surface area (Å²) in [6.07, 6.45) is 9.02. The van der Waals surface area contributed by atoms with Crippen LogP contribution in [0.15, 0.2) is 23.5 Å². The smallest absolute Gasteiger partial charge is 0.338 e. The number of carbonyl (C=O) groups excluding carboxylic acids is 2. The van der Waals surface area contributed by atoms with Gasteiger partial charge in [0, 0.05) is 5.57 Å². The fourth-order valence-electron chi connectivity index (χ4n) is 5.42. The number of carbonyl (C=O) groups is 2. The number of aliphatic hydroxyl groups is 1. The molecular weight excluding hydrogens is 308 g/mol. The molecule has 0 aromatic rings. The maximum Gasteiger partial charge on any atom is 0.338 e. The zero-order valence-corrected chi connectivity index (χ0v) is 14.6. The predicted molar refractivity (Wildman–Crippen MR) is 87.7 cm³/mol. The van der Waals surface area contributed by atoms with Crippen molar-refractivity contribution >= 4 is 11.9 Å². The molecule has 2 atom stereocenters. The summed E-state index contributed by atoms with van der Waals surface area (Å²) in [4.78, 5) is 23.5. The second kappa shape index (κ2) is 6.03. The van der Waals surface area contributed by atoms with Crippen LogP contribution in [0.5, 0.6) is 0 Å². The molecule has 4 fully saturated rings. The number of hydrogen-bond donors (Lipinski definition) is 1. The van der Waals surface area contributed by atoms with Crippen molar-refractivity contribution in [1.29, 1.82) is 0 Å². The Morgan fingerprint density at radius 3 is 2.21 bits per heavy atom. The van der Waals surface area contributed by atoms with E-state index in [2.05, 4.69) is 4.74 Å². The van der Waals surface area contributed by atoms with Crippen molar-refractivity contribution < 1.29 is 24.2 Å². The van der Waals surface area contributed by atoms with Crippen molar-refractivity contribution in [3.05, 3.63) is 23.5 Å². The average molecular weight is 334 g/mol. The second-order valence-electron chi connectivity index (χ2n) is 8.07. The van der Waals surface area contributed by atoms with Gasteiger partial charge in [0.15, 0.2) is 0 Å². The van der Waals surface area contributed by atoms with Crippen molar-refractivity contribution in [3.63, 3.8) is 0 Å². The Morgan fingerprint density at radius 1 is 1.04 bits per heavy atom. The minimum atomic E-state index is -0.549. The largest absolute Gasteiger partial charge is 0.466 e. The molecule has 0 spiro atoms. The molecule has 0 amide bonds. The first-order valence-electron chi connectivity index (χ1n) is 8.62. The van der Waals surface area contributed by atoms with Crippen LogP contribution < -0.4 is 0 Å². The van der Waals surface area contributed by atoms with E-state index in [9.17, 15) is 14.7 Å². The molecule has 1 N–H and O–H groups in total. The fourth-order valence-corrected chi connectivity index (χ4v) is 5.42. The van der Waals surface area contributed by atoms with Gasteiger partial charge in [-0.1, -0.05) is 6.08 Å². The lowest BCUT2D eigenvalue weighted by atomic mass is 9.48. The Balaban J connectivity index is 1.71. The van der Waals surface area contributed by atoms with Crippen molar-refractivity contribution in [3.8, 4) is 0 Å². The van der Waals surface area contributed by atoms with E-state index < -0.39 is 17.5 Å². The van der Waals surface area contributed by atoms with Gasteiger partial charge >= 0.3 is 11.9 Å². The number of hydrogen-bond acceptors (Lipinski definition) is 5. The Morgan fingerprint density at radius 2 is 1.67 bits per heavy atom. The summed E-state index contributed by atoms with van der Waals surface area (Å²) in [5.41, 5.74) is 0.145. The van der Waals surface area contributed by atoms with E-state index in [0.717, 1.165) is 38.4 Å². The lowest BCUT2D eigenvalue weighted by Gasteiger charge is -2.59. The quantitative estimate of drug-likeness (QED) is 0.486. The number of allylic oxidation sites excluding steroid dienone is 1. The van der Waals surface area contributed by atoms with Crippen LogP contribution in [0, 0.1) is 17.3 Å². The van der Waals surface area contributed by atoms with Gasteiger partial charge in [-0.3, -0.25) is 0 Å². The van der Waals surface area contributed by atoms with Crippen LogP contribution >= 0.6 is 0 Å². The third-order valence-corrected chi connectivity index (χ3v) is 5.77. The first-order chi connectivity index (χ1) is 11.2. The molecule has 132 valence electrons. The Labute approximate surface area is 142 Å². The maximum atomic E-state index is 12.2. The predicted octanol–water partition coefficient (Wildman–Crippen LogP) is 2.88. The maximum absolute atomic E-state index is 12.2. The molecule has 0 saturated heterocycles. The second-order valence-corrected chi connectivity index (χ2v) is 8.07. The monoisotopic (exact) mass is 334 g/mol. The number of rotatable bonds is 4. The van der Waals surface area contributed by atoms with E-state index in [1.165, 1.54) is 20.5 Å². The van der Waals surface area contributed by atoms with Crippen LogP contribution in [0.2, 0.25) is 0 Å². The molecule has 4 bridgehead atoms. The number of esters is 2. The highest BCUT2D eigenvalue weighted by atomic mass is 16.5. The minimum Gasteiger partial charge on any atom is -0.466 e. The van der Waals surface area contributed by atoms with Gasteiger partial charge in [-0.2, -0.15) is 0 Å². The van der Waals surface area contributed by atoms with Gasteiger partial charge in [-0.25, -0.2) is 9.59 Å². The summed E-state index contributed by atoms with van der Waals surface area (Å²) in [7, 11) is 1.28. The van der Waals surface area contributed by atoms with Gasteiger partial charge < -0.3 is 14.6 Å². The van der Waals surface area contributed by atoms with Crippen LogP contribution in [-0.4, -0.2) is 29.8 Å². The molecule has 4 rings (SSSR count). The van der Waals surface area contributed by atoms with E-state index in [0.29, 0.717) is 17.4 Å². The zero-order chi connectivity index (χ0) is 17.5. The highest BCUT2D eigenvalue weighted by Gasteiger charge is 2.56. The van der Waals surface area contributed by atoms with Crippen molar-refractivity contribution in [1.82, 2.24) is 0 Å². The van der Waals surface area contributed by atoms with Crippen LogP contribution in [0.4, 0.5) is 0 Å². The molecule has 0 aromatic heterocycles. The van der Waals surface area contributed by atoms with E-state index in [-0.39, 0.29) is 11.0 Å². The van der Waals surface area contributed by atoms with Gasteiger partial charge in [0.1, 0.15) is 6.26 Å². The third-order valence-electron chi connectivity index (χ3n) is 5.77. The average Bonchev–Trinajstić information content (AvgIpc) is 2.48. The number of ether oxygens (including phenoxy) is 2. The van der Waals surface area contributed by atoms with Crippen LogP contribution in [0.1, 0.15) is 52.4 Å². The SMILES string of the molecule is COC(=O)/C(C)=C/OC(=O)/C(C)=C/C12CC3CC(CC(O)(C3)C1)C2. The Kier molecular flexibility index (Phi) is 4.32. The molecule has 0 heterocycles. The van der Waals surface area contributed by atoms with Crippen molar-refractivity contribution in [2.24, 2.45) is 17.3 Å². The summed E-state index contributed by atoms with van der Waals surface area (Å²) < 4.78 is 9.66. The van der Waals surface area contributed by atoms with Crippen molar-refractivity contribution in [2.45, 2.75) is 58.0 Å². The lowest BCUT2D eigenvalue weighted by Crippen LogP contribution is -2.55. The summed E-state index contributed by atoms with van der Waals surface area (Å²) in [6, 6.07) is 0. The molecule has 2 unspecified atom stereocenters. The molecule has 4 aliphatic carbocycles. The van der Waals surface area contributed by atoms with Gasteiger partial charge in [0.05, 0.1) is 18.3 Å². The summed E-state index contributed by atoms with van der Waals surface area (Å²) in [6.45, 7) is 3.28. The topological polar surface area (TPSA) is 72.8 Å². The molecule has 0 radical (unpaired) electrons. The van der Waals surface area contributed by atoms with E-state index in [1.54, 1.807) is 6.92 Å². The van der Waals surface area contributed by atoms with Crippen LogP contribution in [-0.2, 0) is 19.1 Å². The zero-order valence-electron chi connectivity index (χ0n) is 14.6. The first kappa shape index (κ1) is 17.2. The van der Waals surface area contributed by atoms with Crippen molar-refractivity contribution in [2.75, 3.05) is 7.11 Å². The summed E-state index contributed by atoms with van der Waals surface area (Å²) in [5, 5.41) is 10.8. The lowest BCUT2D eigenvalue weighted by molar-refractivity contribution is -0.149. The Hall–Kier alpha value is -1.62. The number of methoxy groups -OCH3 is 1. The molecule has 5 nitrogen and oxygen atoms in total. The van der Waals surface area contributed by atoms with E-state index in [4.69, 9.17) is 4.74 Å². The van der Waals surface area contributed by atoms with Gasteiger partial charge in [-0.15, -0.1) is 0 Å². The van der Waals surface area contributed by atoms with Gasteiger partial charge in [0.2, 0.25) is 0 Å². The molecular formula is C19H26O5. The molecule has 0 aromatic carbocycles. The fraction of sp³-hybridized carbons (Fsp3) is 0.684. The minimum absolute atomic E-state index is 0.0803. The summed E-state index contributed by atoms with van der Waals surface area (Å²) in [5.74, 6) is 0.157. The molecule has 24 heavy (non-hydrogen) atoms. The highest BCUT2D eigenvalue weighted by Crippen LogP contribution is 2.62. The van der Waals surface area contributed by atoms with Crippen LogP contribution in [0.25, 0.3) is 0 Å². The van der Waals surface area contributed by atoms with Gasteiger partial charge in [0.25, 0.3) is 0 Å². The first-order valence-corrected chi connectivity index (χ1v) is 8.62. The molecule has 4 aliphatic rings. The molecule has 0 aliphatic heterocycles. The Bertz CT molecular complexity index is 601. The standard InChI is InChI=1S/C19H26O5/c1-12(17(21)24-10-13(2)16(20)23-3)5-18-6-14-4-15(7-18)9-19(22,8-14)11-18/h5,10,14-15,22H,4,6-9,11H2,1-3H3/b12-5+,13-10+. The normalized spacial score (nSPS) is 38.2. The molecule has 5 heteroatoms. The third kappa shape index (κ3) is 3.27. The van der Waals surface area contributed by atoms with Crippen LogP contribution in [0.3, 0.4) is 0 Å².